The SMILES string of the molecule is O=C(CC1CCCCCC1)Nc1cccc2c1CNCC2. The van der Waals surface area contributed by atoms with E-state index in [-0.39, 0.29) is 5.91 Å². The van der Waals surface area contributed by atoms with Gasteiger partial charge in [-0.2, -0.15) is 0 Å². The number of hydrogen-bond acceptors (Lipinski definition) is 2. The lowest BCUT2D eigenvalue weighted by Gasteiger charge is -2.21. The molecule has 1 saturated carbocycles. The number of carbonyl (C=O) groups is 1. The van der Waals surface area contributed by atoms with Crippen LogP contribution in [0.4, 0.5) is 5.69 Å². The Labute approximate surface area is 127 Å². The minimum atomic E-state index is 0.195. The average Bonchev–Trinajstić information content (AvgIpc) is 2.76. The van der Waals surface area contributed by atoms with Crippen molar-refractivity contribution in [2.75, 3.05) is 11.9 Å². The second-order valence-corrected chi connectivity index (χ2v) is 6.48. The number of amides is 1. The van der Waals surface area contributed by atoms with E-state index in [0.29, 0.717) is 12.3 Å². The Hall–Kier alpha value is -1.35. The maximum absolute atomic E-state index is 12.3. The fraction of sp³-hybridized carbons (Fsp3) is 0.611. The molecule has 1 fully saturated rings. The molecular formula is C18H26N2O. The van der Waals surface area contributed by atoms with E-state index in [0.717, 1.165) is 25.2 Å². The van der Waals surface area contributed by atoms with Gasteiger partial charge in [-0.1, -0.05) is 37.8 Å². The summed E-state index contributed by atoms with van der Waals surface area (Å²) in [6.07, 6.45) is 9.47. The van der Waals surface area contributed by atoms with Gasteiger partial charge in [0.15, 0.2) is 0 Å². The molecule has 0 aromatic heterocycles. The standard InChI is InChI=1S/C18H26N2O/c21-18(12-14-6-3-1-2-4-7-14)20-17-9-5-8-15-10-11-19-13-16(15)17/h5,8-9,14,19H,1-4,6-7,10-13H2,(H,20,21). The van der Waals surface area contributed by atoms with Crippen LogP contribution in [0.3, 0.4) is 0 Å². The molecule has 0 atom stereocenters. The lowest BCUT2D eigenvalue weighted by Crippen LogP contribution is -2.26. The van der Waals surface area contributed by atoms with Crippen LogP contribution in [0.1, 0.15) is 56.1 Å². The van der Waals surface area contributed by atoms with E-state index in [4.69, 9.17) is 0 Å². The second kappa shape index (κ2) is 7.08. The largest absolute Gasteiger partial charge is 0.326 e. The van der Waals surface area contributed by atoms with Crippen LogP contribution in [-0.4, -0.2) is 12.5 Å². The third kappa shape index (κ3) is 3.85. The lowest BCUT2D eigenvalue weighted by atomic mass is 9.95. The molecule has 0 bridgehead atoms. The Kier molecular flexibility index (Phi) is 4.91. The molecule has 3 rings (SSSR count). The van der Waals surface area contributed by atoms with Crippen LogP contribution in [0.2, 0.25) is 0 Å². The van der Waals surface area contributed by atoms with E-state index < -0.39 is 0 Å². The average molecular weight is 286 g/mol. The van der Waals surface area contributed by atoms with Crippen molar-refractivity contribution in [1.29, 1.82) is 0 Å². The predicted molar refractivity (Wildman–Crippen MR) is 86.3 cm³/mol. The van der Waals surface area contributed by atoms with Crippen molar-refractivity contribution in [3.8, 4) is 0 Å². The second-order valence-electron chi connectivity index (χ2n) is 6.48. The van der Waals surface area contributed by atoms with Gasteiger partial charge in [0, 0.05) is 18.7 Å². The van der Waals surface area contributed by atoms with Crippen molar-refractivity contribution in [3.05, 3.63) is 29.3 Å². The van der Waals surface area contributed by atoms with Crippen LogP contribution in [0.15, 0.2) is 18.2 Å². The Balaban J connectivity index is 1.62. The van der Waals surface area contributed by atoms with Gasteiger partial charge in [0.1, 0.15) is 0 Å². The minimum Gasteiger partial charge on any atom is -0.326 e. The van der Waals surface area contributed by atoms with E-state index in [1.54, 1.807) is 0 Å². The van der Waals surface area contributed by atoms with Gasteiger partial charge >= 0.3 is 0 Å². The van der Waals surface area contributed by atoms with Crippen LogP contribution in [0.5, 0.6) is 0 Å². The Morgan fingerprint density at radius 3 is 2.81 bits per heavy atom. The molecule has 1 aliphatic heterocycles. The summed E-state index contributed by atoms with van der Waals surface area (Å²) in [5, 5.41) is 6.55. The maximum Gasteiger partial charge on any atom is 0.224 e. The predicted octanol–water partition coefficient (Wildman–Crippen LogP) is 3.63. The highest BCUT2D eigenvalue weighted by Crippen LogP contribution is 2.27. The molecule has 0 saturated heterocycles. The van der Waals surface area contributed by atoms with Gasteiger partial charge in [-0.25, -0.2) is 0 Å². The fourth-order valence-electron chi connectivity index (χ4n) is 3.66. The van der Waals surface area contributed by atoms with E-state index in [1.165, 1.54) is 49.7 Å². The first kappa shape index (κ1) is 14.6. The highest BCUT2D eigenvalue weighted by atomic mass is 16.1. The zero-order valence-corrected chi connectivity index (χ0v) is 12.8. The smallest absolute Gasteiger partial charge is 0.224 e. The molecule has 3 heteroatoms. The van der Waals surface area contributed by atoms with E-state index in [9.17, 15) is 4.79 Å². The molecule has 0 radical (unpaired) electrons. The molecule has 0 unspecified atom stereocenters. The van der Waals surface area contributed by atoms with Gasteiger partial charge in [-0.05, 0) is 48.9 Å². The molecule has 1 aliphatic carbocycles. The van der Waals surface area contributed by atoms with Crippen molar-refractivity contribution in [2.45, 2.75) is 57.9 Å². The van der Waals surface area contributed by atoms with Gasteiger partial charge in [0.25, 0.3) is 0 Å². The first-order chi connectivity index (χ1) is 10.3. The van der Waals surface area contributed by atoms with Crippen molar-refractivity contribution in [3.63, 3.8) is 0 Å². The van der Waals surface area contributed by atoms with Gasteiger partial charge in [-0.15, -0.1) is 0 Å². The molecular weight excluding hydrogens is 260 g/mol. The Bertz CT molecular complexity index is 490. The van der Waals surface area contributed by atoms with Gasteiger partial charge < -0.3 is 10.6 Å². The molecule has 21 heavy (non-hydrogen) atoms. The summed E-state index contributed by atoms with van der Waals surface area (Å²) in [7, 11) is 0. The van der Waals surface area contributed by atoms with E-state index in [2.05, 4.69) is 22.8 Å². The monoisotopic (exact) mass is 286 g/mol. The summed E-state index contributed by atoms with van der Waals surface area (Å²) in [6.45, 7) is 1.90. The van der Waals surface area contributed by atoms with Gasteiger partial charge in [0.2, 0.25) is 5.91 Å². The van der Waals surface area contributed by atoms with E-state index >= 15 is 0 Å². The summed E-state index contributed by atoms with van der Waals surface area (Å²) < 4.78 is 0. The Morgan fingerprint density at radius 1 is 1.19 bits per heavy atom. The number of anilines is 1. The molecule has 2 aliphatic rings. The zero-order valence-electron chi connectivity index (χ0n) is 12.8. The normalized spacial score (nSPS) is 19.6. The first-order valence-electron chi connectivity index (χ1n) is 8.44. The third-order valence-corrected chi connectivity index (χ3v) is 4.87. The highest BCUT2D eigenvalue weighted by Gasteiger charge is 2.18. The number of hydrogen-bond donors (Lipinski definition) is 2. The van der Waals surface area contributed by atoms with Crippen molar-refractivity contribution >= 4 is 11.6 Å². The molecule has 2 N–H and O–H groups in total. The van der Waals surface area contributed by atoms with Crippen LogP contribution < -0.4 is 10.6 Å². The zero-order chi connectivity index (χ0) is 14.5. The summed E-state index contributed by atoms with van der Waals surface area (Å²) in [6, 6.07) is 6.28. The molecule has 1 amide bonds. The van der Waals surface area contributed by atoms with Crippen molar-refractivity contribution in [1.82, 2.24) is 5.32 Å². The van der Waals surface area contributed by atoms with Crippen molar-refractivity contribution < 1.29 is 4.79 Å². The van der Waals surface area contributed by atoms with Crippen LogP contribution in [0.25, 0.3) is 0 Å². The first-order valence-corrected chi connectivity index (χ1v) is 8.44. The Morgan fingerprint density at radius 2 is 2.00 bits per heavy atom. The van der Waals surface area contributed by atoms with Gasteiger partial charge in [-0.3, -0.25) is 4.79 Å². The van der Waals surface area contributed by atoms with Crippen molar-refractivity contribution in [2.24, 2.45) is 5.92 Å². The highest BCUT2D eigenvalue weighted by molar-refractivity contribution is 5.91. The third-order valence-electron chi connectivity index (χ3n) is 4.87. The molecule has 1 aromatic carbocycles. The number of fused-ring (bicyclic) bond motifs is 1. The number of benzene rings is 1. The number of carbonyl (C=O) groups excluding carboxylic acids is 1. The summed E-state index contributed by atoms with van der Waals surface area (Å²) in [5.74, 6) is 0.783. The van der Waals surface area contributed by atoms with Crippen LogP contribution in [0, 0.1) is 5.92 Å². The lowest BCUT2D eigenvalue weighted by molar-refractivity contribution is -0.117. The van der Waals surface area contributed by atoms with Crippen LogP contribution in [-0.2, 0) is 17.8 Å². The fourth-order valence-corrected chi connectivity index (χ4v) is 3.66. The molecule has 3 nitrogen and oxygen atoms in total. The number of rotatable bonds is 3. The van der Waals surface area contributed by atoms with E-state index in [1.807, 2.05) is 6.07 Å². The van der Waals surface area contributed by atoms with Gasteiger partial charge in [0.05, 0.1) is 0 Å². The minimum absolute atomic E-state index is 0.195. The molecule has 114 valence electrons. The summed E-state index contributed by atoms with van der Waals surface area (Å²) >= 11 is 0. The number of nitrogens with one attached hydrogen (secondary N) is 2. The summed E-state index contributed by atoms with van der Waals surface area (Å²) in [5.41, 5.74) is 3.66. The summed E-state index contributed by atoms with van der Waals surface area (Å²) in [4.78, 5) is 12.3. The molecule has 1 heterocycles. The molecule has 1 aromatic rings. The quantitative estimate of drug-likeness (QED) is 0.833. The molecule has 0 spiro atoms. The topological polar surface area (TPSA) is 41.1 Å². The van der Waals surface area contributed by atoms with Crippen LogP contribution >= 0.6 is 0 Å². The maximum atomic E-state index is 12.3.